The zero-order chi connectivity index (χ0) is 20.5. The summed E-state index contributed by atoms with van der Waals surface area (Å²) in [4.78, 5) is 28.0. The molecule has 0 unspecified atom stereocenters. The van der Waals surface area contributed by atoms with Gasteiger partial charge in [0.25, 0.3) is 5.91 Å². The van der Waals surface area contributed by atoms with Gasteiger partial charge in [-0.25, -0.2) is 0 Å². The summed E-state index contributed by atoms with van der Waals surface area (Å²) in [7, 11) is 1.50. The van der Waals surface area contributed by atoms with E-state index in [1.54, 1.807) is 35.7 Å². The number of nitrogens with zero attached hydrogens (tertiary/aromatic N) is 1. The fourth-order valence-electron chi connectivity index (χ4n) is 3.40. The van der Waals surface area contributed by atoms with Gasteiger partial charge in [-0.2, -0.15) is 0 Å². The number of halogens is 1. The van der Waals surface area contributed by atoms with Gasteiger partial charge >= 0.3 is 0 Å². The topological polar surface area (TPSA) is 66.8 Å². The zero-order valence-electron chi connectivity index (χ0n) is 15.3. The summed E-state index contributed by atoms with van der Waals surface area (Å²) in [5.74, 6) is -1.11. The second-order valence-corrected chi connectivity index (χ2v) is 7.73. The molecule has 0 bridgehead atoms. The lowest BCUT2D eigenvalue weighted by atomic mass is 9.95. The molecule has 29 heavy (non-hydrogen) atoms. The number of aliphatic hydroxyl groups is 1. The van der Waals surface area contributed by atoms with Gasteiger partial charge in [-0.3, -0.25) is 14.5 Å². The van der Waals surface area contributed by atoms with Crippen LogP contribution >= 0.6 is 22.9 Å². The number of carbonyl (C=O) groups excluding carboxylic acids is 2. The van der Waals surface area contributed by atoms with Crippen molar-refractivity contribution in [3.63, 3.8) is 0 Å². The van der Waals surface area contributed by atoms with Crippen LogP contribution in [0.1, 0.15) is 21.3 Å². The minimum Gasteiger partial charge on any atom is -0.503 e. The molecule has 0 fully saturated rings. The lowest BCUT2D eigenvalue weighted by Gasteiger charge is -2.27. The minimum absolute atomic E-state index is 0.0515. The highest BCUT2D eigenvalue weighted by Crippen LogP contribution is 2.43. The number of hydrogen-bond acceptors (Lipinski definition) is 5. The van der Waals surface area contributed by atoms with E-state index in [0.29, 0.717) is 26.9 Å². The van der Waals surface area contributed by atoms with E-state index in [0.717, 1.165) is 0 Å². The molecule has 0 saturated carbocycles. The number of ether oxygens (including phenoxy) is 1. The van der Waals surface area contributed by atoms with Crippen LogP contribution in [-0.4, -0.2) is 23.9 Å². The molecule has 2 aromatic carbocycles. The van der Waals surface area contributed by atoms with Crippen molar-refractivity contribution in [1.82, 2.24) is 0 Å². The third-order valence-electron chi connectivity index (χ3n) is 4.73. The molecule has 5 nitrogen and oxygen atoms in total. The first kappa shape index (κ1) is 19.2. The number of Topliss-reactive ketones (excluding diaryl/α,β-unsaturated/α-hetero) is 1. The number of aliphatic hydroxyl groups excluding tert-OH is 1. The quantitative estimate of drug-likeness (QED) is 0.571. The van der Waals surface area contributed by atoms with Gasteiger partial charge in [-0.1, -0.05) is 48.0 Å². The number of amides is 1. The summed E-state index contributed by atoms with van der Waals surface area (Å²) in [6.45, 7) is 0. The van der Waals surface area contributed by atoms with Gasteiger partial charge < -0.3 is 9.84 Å². The van der Waals surface area contributed by atoms with Crippen molar-refractivity contribution in [3.05, 3.63) is 92.8 Å². The Hall–Kier alpha value is -3.09. The van der Waals surface area contributed by atoms with E-state index in [1.807, 2.05) is 30.3 Å². The Morgan fingerprint density at radius 2 is 1.90 bits per heavy atom. The minimum atomic E-state index is -0.775. The molecule has 7 heteroatoms. The highest BCUT2D eigenvalue weighted by atomic mass is 35.5. The highest BCUT2D eigenvalue weighted by molar-refractivity contribution is 7.12. The van der Waals surface area contributed by atoms with E-state index in [2.05, 4.69) is 0 Å². The van der Waals surface area contributed by atoms with Crippen LogP contribution in [0.15, 0.2) is 77.4 Å². The molecular formula is C22H16ClNO4S. The van der Waals surface area contributed by atoms with Crippen LogP contribution in [0.2, 0.25) is 5.02 Å². The highest BCUT2D eigenvalue weighted by Gasteiger charge is 2.44. The average Bonchev–Trinajstić information content (AvgIpc) is 3.36. The monoisotopic (exact) mass is 425 g/mol. The number of methoxy groups -OCH3 is 1. The molecule has 1 aromatic heterocycles. The molecule has 146 valence electrons. The summed E-state index contributed by atoms with van der Waals surface area (Å²) >= 11 is 7.52. The van der Waals surface area contributed by atoms with Crippen molar-refractivity contribution < 1.29 is 19.4 Å². The number of carbonyl (C=O) groups is 2. The molecule has 1 amide bonds. The van der Waals surface area contributed by atoms with Crippen molar-refractivity contribution >= 4 is 40.3 Å². The van der Waals surface area contributed by atoms with Gasteiger partial charge in [0.1, 0.15) is 5.75 Å². The third-order valence-corrected chi connectivity index (χ3v) is 5.89. The van der Waals surface area contributed by atoms with E-state index in [4.69, 9.17) is 16.3 Å². The first-order valence-corrected chi connectivity index (χ1v) is 10.0. The van der Waals surface area contributed by atoms with Crippen LogP contribution < -0.4 is 9.64 Å². The normalized spacial score (nSPS) is 16.4. The van der Waals surface area contributed by atoms with Gasteiger partial charge in [0, 0.05) is 5.69 Å². The van der Waals surface area contributed by atoms with Crippen LogP contribution in [0.25, 0.3) is 0 Å². The summed E-state index contributed by atoms with van der Waals surface area (Å²) < 4.78 is 5.18. The first-order chi connectivity index (χ1) is 14.0. The predicted octanol–water partition coefficient (Wildman–Crippen LogP) is 5.19. The summed E-state index contributed by atoms with van der Waals surface area (Å²) in [5.41, 5.74) is 1.21. The van der Waals surface area contributed by atoms with Gasteiger partial charge in [0.05, 0.1) is 28.6 Å². The van der Waals surface area contributed by atoms with E-state index in [9.17, 15) is 14.7 Å². The van der Waals surface area contributed by atoms with Crippen LogP contribution in [0.3, 0.4) is 0 Å². The van der Waals surface area contributed by atoms with Crippen LogP contribution in [-0.2, 0) is 4.79 Å². The number of anilines is 1. The number of hydrogen-bond donors (Lipinski definition) is 1. The maximum Gasteiger partial charge on any atom is 0.294 e. The Balaban J connectivity index is 1.87. The molecule has 0 spiro atoms. The molecule has 2 heterocycles. The number of benzene rings is 2. The van der Waals surface area contributed by atoms with E-state index in [-0.39, 0.29) is 11.4 Å². The van der Waals surface area contributed by atoms with Crippen molar-refractivity contribution in [1.29, 1.82) is 0 Å². The lowest BCUT2D eigenvalue weighted by Crippen LogP contribution is -2.31. The maximum absolute atomic E-state index is 13.2. The fourth-order valence-corrected chi connectivity index (χ4v) is 4.33. The van der Waals surface area contributed by atoms with Crippen LogP contribution in [0, 0.1) is 0 Å². The molecule has 3 aromatic rings. The number of thiophene rings is 1. The Bertz CT molecular complexity index is 1110. The number of ketones is 1. The van der Waals surface area contributed by atoms with Gasteiger partial charge in [-0.15, -0.1) is 11.3 Å². The van der Waals surface area contributed by atoms with Crippen molar-refractivity contribution in [2.75, 3.05) is 12.0 Å². The second kappa shape index (κ2) is 7.73. The van der Waals surface area contributed by atoms with Gasteiger partial charge in [-0.05, 0) is 35.2 Å². The van der Waals surface area contributed by atoms with Crippen LogP contribution in [0.5, 0.6) is 5.75 Å². The molecule has 1 atom stereocenters. The molecule has 1 aliphatic rings. The summed E-state index contributed by atoms with van der Waals surface area (Å²) in [6, 6.07) is 16.7. The molecule has 1 aliphatic heterocycles. The Morgan fingerprint density at radius 3 is 2.52 bits per heavy atom. The SMILES string of the molecule is COc1ccc(N2C(=O)C(O)=C(C(=O)c3cccs3)[C@@H]2c2ccccc2)cc1Cl. The van der Waals surface area contributed by atoms with Crippen LogP contribution in [0.4, 0.5) is 5.69 Å². The van der Waals surface area contributed by atoms with Crippen molar-refractivity contribution in [3.8, 4) is 5.75 Å². The Morgan fingerprint density at radius 1 is 1.14 bits per heavy atom. The van der Waals surface area contributed by atoms with Crippen molar-refractivity contribution in [2.45, 2.75) is 6.04 Å². The Kier molecular flexibility index (Phi) is 5.13. The molecule has 1 N–H and O–H groups in total. The van der Waals surface area contributed by atoms with Gasteiger partial charge in [0.2, 0.25) is 5.78 Å². The van der Waals surface area contributed by atoms with Gasteiger partial charge in [0.15, 0.2) is 5.76 Å². The maximum atomic E-state index is 13.2. The molecule has 0 aliphatic carbocycles. The summed E-state index contributed by atoms with van der Waals surface area (Å²) in [5, 5.41) is 12.8. The smallest absolute Gasteiger partial charge is 0.294 e. The molecule has 0 saturated heterocycles. The predicted molar refractivity (Wildman–Crippen MR) is 113 cm³/mol. The zero-order valence-corrected chi connectivity index (χ0v) is 16.9. The molecular weight excluding hydrogens is 410 g/mol. The molecule has 4 rings (SSSR count). The van der Waals surface area contributed by atoms with E-state index < -0.39 is 17.7 Å². The average molecular weight is 426 g/mol. The van der Waals surface area contributed by atoms with E-state index in [1.165, 1.54) is 23.3 Å². The molecule has 0 radical (unpaired) electrons. The number of rotatable bonds is 5. The van der Waals surface area contributed by atoms with E-state index >= 15 is 0 Å². The Labute approximate surface area is 176 Å². The second-order valence-electron chi connectivity index (χ2n) is 6.38. The summed E-state index contributed by atoms with van der Waals surface area (Å²) in [6.07, 6.45) is 0. The van der Waals surface area contributed by atoms with Crippen molar-refractivity contribution in [2.24, 2.45) is 0 Å². The largest absolute Gasteiger partial charge is 0.503 e. The standard InChI is InChI=1S/C22H16ClNO4S/c1-28-16-10-9-14(12-15(16)23)24-19(13-6-3-2-4-7-13)18(21(26)22(24)27)20(25)17-8-5-11-29-17/h2-12,19,26H,1H3/t19-/m0/s1. The third kappa shape index (κ3) is 3.30. The fraction of sp³-hybridized carbons (Fsp3) is 0.0909. The first-order valence-electron chi connectivity index (χ1n) is 8.76. The lowest BCUT2D eigenvalue weighted by molar-refractivity contribution is -0.117.